The lowest BCUT2D eigenvalue weighted by atomic mass is 9.85. The van der Waals surface area contributed by atoms with Crippen LogP contribution in [0.15, 0.2) is 0 Å². The number of amides is 1. The van der Waals surface area contributed by atoms with Gasteiger partial charge in [0, 0.05) is 25.2 Å². The Morgan fingerprint density at radius 2 is 2.21 bits per heavy atom. The number of fused-ring (bicyclic) bond motifs is 1. The molecule has 2 atom stereocenters. The van der Waals surface area contributed by atoms with Crippen molar-refractivity contribution in [1.29, 1.82) is 0 Å². The molecule has 2 fully saturated rings. The highest BCUT2D eigenvalue weighted by Gasteiger charge is 2.51. The molecule has 1 N–H and O–H groups in total. The van der Waals surface area contributed by atoms with E-state index < -0.39 is 0 Å². The molecule has 0 aromatic carbocycles. The fraction of sp³-hybridized carbons (Fsp3) is 0.900. The predicted octanol–water partition coefficient (Wildman–Crippen LogP) is 0.683. The van der Waals surface area contributed by atoms with Gasteiger partial charge in [0.25, 0.3) is 0 Å². The fourth-order valence-electron chi connectivity index (χ4n) is 2.84. The molecule has 0 spiro atoms. The second-order valence-electron chi connectivity index (χ2n) is 4.76. The average Bonchev–Trinajstić information content (AvgIpc) is 2.68. The number of likely N-dealkylation sites (tertiary alicyclic amines) is 1. The van der Waals surface area contributed by atoms with Crippen LogP contribution in [0.3, 0.4) is 0 Å². The third-order valence-electron chi connectivity index (χ3n) is 3.75. The number of carbonyl (C=O) groups excluding carboxylic acids is 1. The van der Waals surface area contributed by atoms with Crippen LogP contribution in [0.4, 0.5) is 4.79 Å². The summed E-state index contributed by atoms with van der Waals surface area (Å²) in [5.74, 6) is 1.17. The summed E-state index contributed by atoms with van der Waals surface area (Å²) in [5.41, 5.74) is -0.0682. The molecule has 4 heteroatoms. The van der Waals surface area contributed by atoms with E-state index in [0.29, 0.717) is 11.8 Å². The van der Waals surface area contributed by atoms with Gasteiger partial charge in [-0.25, -0.2) is 4.79 Å². The topological polar surface area (TPSA) is 41.6 Å². The SMILES string of the molecule is COC(=O)N1CC2CNCC2C1(C)C. The van der Waals surface area contributed by atoms with Crippen LogP contribution >= 0.6 is 0 Å². The van der Waals surface area contributed by atoms with E-state index in [1.54, 1.807) is 0 Å². The van der Waals surface area contributed by atoms with Crippen LogP contribution in [0, 0.1) is 11.8 Å². The van der Waals surface area contributed by atoms with Gasteiger partial charge in [0.15, 0.2) is 0 Å². The largest absolute Gasteiger partial charge is 0.453 e. The van der Waals surface area contributed by atoms with Crippen molar-refractivity contribution < 1.29 is 9.53 Å². The van der Waals surface area contributed by atoms with Crippen LogP contribution < -0.4 is 5.32 Å². The van der Waals surface area contributed by atoms with Gasteiger partial charge in [-0.3, -0.25) is 0 Å². The molecule has 2 unspecified atom stereocenters. The second kappa shape index (κ2) is 3.12. The number of hydrogen-bond acceptors (Lipinski definition) is 3. The zero-order valence-corrected chi connectivity index (χ0v) is 9.04. The van der Waals surface area contributed by atoms with Crippen molar-refractivity contribution in [3.63, 3.8) is 0 Å². The van der Waals surface area contributed by atoms with Crippen molar-refractivity contribution in [3.05, 3.63) is 0 Å². The minimum absolute atomic E-state index is 0.0682. The Hall–Kier alpha value is -0.770. The van der Waals surface area contributed by atoms with E-state index in [2.05, 4.69) is 19.2 Å². The van der Waals surface area contributed by atoms with Gasteiger partial charge in [0.2, 0.25) is 0 Å². The lowest BCUT2D eigenvalue weighted by molar-refractivity contribution is 0.0872. The number of carbonyl (C=O) groups is 1. The highest BCUT2D eigenvalue weighted by molar-refractivity contribution is 5.69. The molecule has 0 radical (unpaired) electrons. The van der Waals surface area contributed by atoms with Crippen LogP contribution in [-0.2, 0) is 4.74 Å². The van der Waals surface area contributed by atoms with Crippen molar-refractivity contribution in [2.45, 2.75) is 19.4 Å². The molecule has 4 nitrogen and oxygen atoms in total. The van der Waals surface area contributed by atoms with Crippen LogP contribution in [0.2, 0.25) is 0 Å². The molecule has 1 amide bonds. The van der Waals surface area contributed by atoms with Gasteiger partial charge >= 0.3 is 6.09 Å². The summed E-state index contributed by atoms with van der Waals surface area (Å²) >= 11 is 0. The Balaban J connectivity index is 2.19. The maximum atomic E-state index is 11.5. The number of nitrogens with zero attached hydrogens (tertiary/aromatic N) is 1. The molecule has 0 saturated carbocycles. The smallest absolute Gasteiger partial charge is 0.409 e. The lowest BCUT2D eigenvalue weighted by Gasteiger charge is -2.34. The van der Waals surface area contributed by atoms with Gasteiger partial charge in [-0.15, -0.1) is 0 Å². The highest BCUT2D eigenvalue weighted by atomic mass is 16.5. The summed E-state index contributed by atoms with van der Waals surface area (Å²) in [4.78, 5) is 13.4. The Morgan fingerprint density at radius 1 is 1.50 bits per heavy atom. The Bertz CT molecular complexity index is 253. The summed E-state index contributed by atoms with van der Waals surface area (Å²) in [6.45, 7) is 7.13. The van der Waals surface area contributed by atoms with Gasteiger partial charge in [-0.1, -0.05) is 0 Å². The summed E-state index contributed by atoms with van der Waals surface area (Å²) < 4.78 is 4.80. The van der Waals surface area contributed by atoms with E-state index >= 15 is 0 Å². The molecular formula is C10H18N2O2. The first kappa shape index (κ1) is 9.77. The average molecular weight is 198 g/mol. The van der Waals surface area contributed by atoms with Gasteiger partial charge in [-0.2, -0.15) is 0 Å². The van der Waals surface area contributed by atoms with Gasteiger partial charge in [0.1, 0.15) is 0 Å². The standard InChI is InChI=1S/C10H18N2O2/c1-10(2)8-5-11-4-7(8)6-12(10)9(13)14-3/h7-8,11H,4-6H2,1-3H3. The van der Waals surface area contributed by atoms with Crippen molar-refractivity contribution >= 4 is 6.09 Å². The first-order chi connectivity index (χ1) is 6.57. The van der Waals surface area contributed by atoms with E-state index in [4.69, 9.17) is 4.74 Å². The molecule has 0 aromatic rings. The van der Waals surface area contributed by atoms with E-state index in [-0.39, 0.29) is 11.6 Å². The van der Waals surface area contributed by atoms with E-state index in [1.807, 2.05) is 4.90 Å². The van der Waals surface area contributed by atoms with Crippen LogP contribution in [0.5, 0.6) is 0 Å². The molecule has 2 saturated heterocycles. The van der Waals surface area contributed by atoms with Crippen molar-refractivity contribution in [3.8, 4) is 0 Å². The molecule has 0 bridgehead atoms. The Morgan fingerprint density at radius 3 is 2.79 bits per heavy atom. The molecule has 14 heavy (non-hydrogen) atoms. The third kappa shape index (κ3) is 1.21. The van der Waals surface area contributed by atoms with Crippen LogP contribution in [0.25, 0.3) is 0 Å². The first-order valence-corrected chi connectivity index (χ1v) is 5.13. The minimum Gasteiger partial charge on any atom is -0.453 e. The monoisotopic (exact) mass is 198 g/mol. The van der Waals surface area contributed by atoms with E-state index in [1.165, 1.54) is 7.11 Å². The molecule has 2 heterocycles. The van der Waals surface area contributed by atoms with Crippen molar-refractivity contribution in [2.24, 2.45) is 11.8 Å². The number of rotatable bonds is 0. The Labute approximate surface area is 84.6 Å². The molecule has 0 aromatic heterocycles. The maximum absolute atomic E-state index is 11.5. The van der Waals surface area contributed by atoms with Crippen LogP contribution in [-0.4, -0.2) is 43.3 Å². The quantitative estimate of drug-likeness (QED) is 0.622. The third-order valence-corrected chi connectivity index (χ3v) is 3.75. The second-order valence-corrected chi connectivity index (χ2v) is 4.76. The number of nitrogens with one attached hydrogen (secondary N) is 1. The lowest BCUT2D eigenvalue weighted by Crippen LogP contribution is -2.47. The normalized spacial score (nSPS) is 34.4. The van der Waals surface area contributed by atoms with Gasteiger partial charge in [-0.05, 0) is 25.7 Å². The molecular weight excluding hydrogens is 180 g/mol. The number of methoxy groups -OCH3 is 1. The fourth-order valence-corrected chi connectivity index (χ4v) is 2.84. The van der Waals surface area contributed by atoms with Gasteiger partial charge < -0.3 is 15.0 Å². The van der Waals surface area contributed by atoms with Crippen LogP contribution in [0.1, 0.15) is 13.8 Å². The summed E-state index contributed by atoms with van der Waals surface area (Å²) in [7, 11) is 1.45. The van der Waals surface area contributed by atoms with Gasteiger partial charge in [0.05, 0.1) is 7.11 Å². The summed E-state index contributed by atoms with van der Waals surface area (Å²) in [6, 6.07) is 0. The Kier molecular flexibility index (Phi) is 2.18. The summed E-state index contributed by atoms with van der Waals surface area (Å²) in [5, 5.41) is 3.38. The molecule has 2 rings (SSSR count). The number of ether oxygens (including phenoxy) is 1. The molecule has 0 aliphatic carbocycles. The van der Waals surface area contributed by atoms with E-state index in [9.17, 15) is 4.79 Å². The first-order valence-electron chi connectivity index (χ1n) is 5.13. The zero-order valence-electron chi connectivity index (χ0n) is 9.04. The highest BCUT2D eigenvalue weighted by Crippen LogP contribution is 2.40. The van der Waals surface area contributed by atoms with E-state index in [0.717, 1.165) is 19.6 Å². The zero-order chi connectivity index (χ0) is 10.3. The molecule has 2 aliphatic heterocycles. The minimum atomic E-state index is -0.190. The predicted molar refractivity (Wildman–Crippen MR) is 53.0 cm³/mol. The molecule has 80 valence electrons. The number of hydrogen-bond donors (Lipinski definition) is 1. The van der Waals surface area contributed by atoms with Crippen molar-refractivity contribution in [1.82, 2.24) is 10.2 Å². The summed E-state index contributed by atoms with van der Waals surface area (Å²) in [6.07, 6.45) is -0.190. The van der Waals surface area contributed by atoms with Crippen molar-refractivity contribution in [2.75, 3.05) is 26.7 Å². The molecule has 2 aliphatic rings. The maximum Gasteiger partial charge on any atom is 0.409 e.